The van der Waals surface area contributed by atoms with E-state index in [4.69, 9.17) is 4.74 Å². The minimum absolute atomic E-state index is 0.0651. The third kappa shape index (κ3) is 9.86. The van der Waals surface area contributed by atoms with Gasteiger partial charge in [0.05, 0.1) is 19.3 Å². The number of hydrogen-bond acceptors (Lipinski definition) is 3. The zero-order valence-electron chi connectivity index (χ0n) is 12.7. The number of aliphatic hydroxyl groups excluding tert-OH is 1. The van der Waals surface area contributed by atoms with Crippen molar-refractivity contribution >= 4 is 0 Å². The highest BCUT2D eigenvalue weighted by molar-refractivity contribution is 4.63. The topological polar surface area (TPSA) is 32.7 Å². The Labute approximate surface area is 114 Å². The lowest BCUT2D eigenvalue weighted by Crippen LogP contribution is -2.36. The number of ether oxygens (including phenoxy) is 1. The molecule has 110 valence electrons. The third-order valence-corrected chi connectivity index (χ3v) is 3.26. The Balaban J connectivity index is 0.00000137. The molecule has 1 atom stereocenters. The molecule has 0 amide bonds. The zero-order chi connectivity index (χ0) is 13.6. The van der Waals surface area contributed by atoms with Crippen LogP contribution in [0.25, 0.3) is 0 Å². The molecule has 1 saturated heterocycles. The molecule has 0 aromatic rings. The molecule has 0 bridgehead atoms. The van der Waals surface area contributed by atoms with E-state index in [0.717, 1.165) is 52.0 Å². The van der Waals surface area contributed by atoms with Crippen LogP contribution in [-0.4, -0.2) is 49.0 Å². The van der Waals surface area contributed by atoms with Crippen molar-refractivity contribution in [2.75, 3.05) is 32.8 Å². The van der Waals surface area contributed by atoms with Crippen LogP contribution in [0.3, 0.4) is 0 Å². The Hall–Kier alpha value is -0.120. The fourth-order valence-corrected chi connectivity index (χ4v) is 2.12. The fourth-order valence-electron chi connectivity index (χ4n) is 2.12. The van der Waals surface area contributed by atoms with E-state index < -0.39 is 0 Å². The van der Waals surface area contributed by atoms with Crippen LogP contribution >= 0.6 is 0 Å². The molecule has 0 radical (unpaired) electrons. The minimum atomic E-state index is -0.0651. The van der Waals surface area contributed by atoms with Crippen LogP contribution in [0.15, 0.2) is 0 Å². The van der Waals surface area contributed by atoms with Crippen molar-refractivity contribution in [3.8, 4) is 0 Å². The molecule has 3 heteroatoms. The first-order valence-electron chi connectivity index (χ1n) is 7.81. The molecule has 1 unspecified atom stereocenters. The first kappa shape index (κ1) is 17.9. The summed E-state index contributed by atoms with van der Waals surface area (Å²) in [7, 11) is 0. The lowest BCUT2D eigenvalue weighted by atomic mass is 10.1. The first-order valence-corrected chi connectivity index (χ1v) is 7.81. The third-order valence-electron chi connectivity index (χ3n) is 3.26. The Kier molecular flexibility index (Phi) is 13.2. The van der Waals surface area contributed by atoms with Crippen LogP contribution in [0.1, 0.15) is 59.3 Å². The highest BCUT2D eigenvalue weighted by Crippen LogP contribution is 2.09. The molecule has 1 heterocycles. The lowest BCUT2D eigenvalue weighted by molar-refractivity contribution is 0.0365. The maximum Gasteiger partial charge on any atom is 0.0594 e. The van der Waals surface area contributed by atoms with Gasteiger partial charge in [-0.2, -0.15) is 0 Å². The summed E-state index contributed by atoms with van der Waals surface area (Å²) >= 11 is 0. The van der Waals surface area contributed by atoms with Crippen LogP contribution < -0.4 is 0 Å². The average Bonchev–Trinajstić information content (AvgIpc) is 2.44. The molecule has 1 N–H and O–H groups in total. The van der Waals surface area contributed by atoms with Crippen molar-refractivity contribution in [3.63, 3.8) is 0 Å². The molecular weight excluding hydrogens is 226 g/mol. The normalized spacial score (nSPS) is 18.0. The van der Waals surface area contributed by atoms with Gasteiger partial charge in [-0.15, -0.1) is 0 Å². The molecule has 1 aliphatic heterocycles. The second-order valence-corrected chi connectivity index (χ2v) is 4.75. The first-order chi connectivity index (χ1) is 8.83. The number of rotatable bonds is 8. The van der Waals surface area contributed by atoms with Gasteiger partial charge >= 0.3 is 0 Å². The van der Waals surface area contributed by atoms with Gasteiger partial charge in [-0.1, -0.05) is 33.6 Å². The predicted molar refractivity (Wildman–Crippen MR) is 78.0 cm³/mol. The Bertz CT molecular complexity index is 159. The summed E-state index contributed by atoms with van der Waals surface area (Å²) in [5, 5.41) is 9.68. The largest absolute Gasteiger partial charge is 0.393 e. The van der Waals surface area contributed by atoms with Crippen molar-refractivity contribution in [2.45, 2.75) is 65.4 Å². The maximum atomic E-state index is 9.68. The summed E-state index contributed by atoms with van der Waals surface area (Å²) in [6, 6.07) is 0. The smallest absolute Gasteiger partial charge is 0.0594 e. The van der Waals surface area contributed by atoms with Crippen molar-refractivity contribution in [1.29, 1.82) is 0 Å². The summed E-state index contributed by atoms with van der Waals surface area (Å²) in [5.41, 5.74) is 0. The predicted octanol–water partition coefficient (Wildman–Crippen LogP) is 3.07. The maximum absolute atomic E-state index is 9.68. The SMILES string of the molecule is CC.CCCCC(O)CCCCN1CCOCC1. The van der Waals surface area contributed by atoms with Crippen molar-refractivity contribution < 1.29 is 9.84 Å². The summed E-state index contributed by atoms with van der Waals surface area (Å²) in [6.45, 7) is 11.3. The molecule has 0 spiro atoms. The van der Waals surface area contributed by atoms with E-state index in [1.54, 1.807) is 0 Å². The van der Waals surface area contributed by atoms with Gasteiger partial charge in [0.15, 0.2) is 0 Å². The van der Waals surface area contributed by atoms with E-state index in [1.165, 1.54) is 19.4 Å². The van der Waals surface area contributed by atoms with Crippen LogP contribution in [0, 0.1) is 0 Å². The van der Waals surface area contributed by atoms with Crippen LogP contribution in [0.5, 0.6) is 0 Å². The Morgan fingerprint density at radius 3 is 2.28 bits per heavy atom. The number of hydrogen-bond donors (Lipinski definition) is 1. The van der Waals surface area contributed by atoms with Crippen molar-refractivity contribution in [2.24, 2.45) is 0 Å². The van der Waals surface area contributed by atoms with Crippen LogP contribution in [0.2, 0.25) is 0 Å². The molecule has 0 saturated carbocycles. The molecule has 1 aliphatic rings. The molecular formula is C15H33NO2. The second-order valence-electron chi connectivity index (χ2n) is 4.75. The van der Waals surface area contributed by atoms with Gasteiger partial charge < -0.3 is 9.84 Å². The van der Waals surface area contributed by atoms with Gasteiger partial charge in [-0.05, 0) is 32.2 Å². The zero-order valence-corrected chi connectivity index (χ0v) is 12.7. The van der Waals surface area contributed by atoms with Crippen LogP contribution in [0.4, 0.5) is 0 Å². The summed E-state index contributed by atoms with van der Waals surface area (Å²) in [6.07, 6.45) is 6.60. The highest BCUT2D eigenvalue weighted by atomic mass is 16.5. The van der Waals surface area contributed by atoms with Gasteiger partial charge in [-0.25, -0.2) is 0 Å². The molecule has 1 fully saturated rings. The van der Waals surface area contributed by atoms with E-state index in [0.29, 0.717) is 0 Å². The quantitative estimate of drug-likeness (QED) is 0.680. The van der Waals surface area contributed by atoms with E-state index in [1.807, 2.05) is 13.8 Å². The molecule has 3 nitrogen and oxygen atoms in total. The van der Waals surface area contributed by atoms with Crippen molar-refractivity contribution in [3.05, 3.63) is 0 Å². The van der Waals surface area contributed by atoms with Crippen molar-refractivity contribution in [1.82, 2.24) is 4.90 Å². The lowest BCUT2D eigenvalue weighted by Gasteiger charge is -2.26. The number of unbranched alkanes of at least 4 members (excludes halogenated alkanes) is 2. The fraction of sp³-hybridized carbons (Fsp3) is 1.00. The van der Waals surface area contributed by atoms with Gasteiger partial charge in [-0.3, -0.25) is 4.90 Å². The molecule has 0 aromatic heterocycles. The van der Waals surface area contributed by atoms with E-state index in [-0.39, 0.29) is 6.10 Å². The molecule has 1 rings (SSSR count). The summed E-state index contributed by atoms with van der Waals surface area (Å²) < 4.78 is 5.31. The van der Waals surface area contributed by atoms with E-state index in [2.05, 4.69) is 11.8 Å². The summed E-state index contributed by atoms with van der Waals surface area (Å²) in [5.74, 6) is 0. The Morgan fingerprint density at radius 2 is 1.67 bits per heavy atom. The van der Waals surface area contributed by atoms with Gasteiger partial charge in [0.1, 0.15) is 0 Å². The number of nitrogens with zero attached hydrogens (tertiary/aromatic N) is 1. The van der Waals surface area contributed by atoms with Gasteiger partial charge in [0.2, 0.25) is 0 Å². The molecule has 0 aromatic carbocycles. The van der Waals surface area contributed by atoms with Gasteiger partial charge in [0.25, 0.3) is 0 Å². The number of aliphatic hydroxyl groups is 1. The monoisotopic (exact) mass is 259 g/mol. The second kappa shape index (κ2) is 13.3. The molecule has 18 heavy (non-hydrogen) atoms. The summed E-state index contributed by atoms with van der Waals surface area (Å²) in [4.78, 5) is 2.46. The van der Waals surface area contributed by atoms with Crippen LogP contribution in [-0.2, 0) is 4.74 Å². The van der Waals surface area contributed by atoms with E-state index >= 15 is 0 Å². The Morgan fingerprint density at radius 1 is 1.06 bits per heavy atom. The standard InChI is InChI=1S/C13H27NO2.C2H6/c1-2-3-6-13(15)7-4-5-8-14-9-11-16-12-10-14;1-2/h13,15H,2-12H2,1H3;1-2H3. The van der Waals surface area contributed by atoms with Gasteiger partial charge in [0, 0.05) is 13.1 Å². The highest BCUT2D eigenvalue weighted by Gasteiger charge is 2.09. The van der Waals surface area contributed by atoms with E-state index in [9.17, 15) is 5.11 Å². The number of morpholine rings is 1. The average molecular weight is 259 g/mol. The molecule has 0 aliphatic carbocycles. The minimum Gasteiger partial charge on any atom is -0.393 e.